The summed E-state index contributed by atoms with van der Waals surface area (Å²) in [4.78, 5) is 31.3. The summed E-state index contributed by atoms with van der Waals surface area (Å²) in [6.07, 6.45) is 1.47. The Balaban J connectivity index is 2.15. The van der Waals surface area contributed by atoms with Crippen molar-refractivity contribution in [3.63, 3.8) is 0 Å². The molecule has 7 heteroatoms. The van der Waals surface area contributed by atoms with Crippen molar-refractivity contribution in [2.75, 3.05) is 7.05 Å². The number of nitrogens with zero attached hydrogens (tertiary/aromatic N) is 2. The molecular formula is C13H14N4O2S. The number of para-hydroxylation sites is 1. The highest BCUT2D eigenvalue weighted by molar-refractivity contribution is 8.00. The summed E-state index contributed by atoms with van der Waals surface area (Å²) in [5.74, 6) is -0.364. The first-order valence-corrected chi connectivity index (χ1v) is 6.88. The van der Waals surface area contributed by atoms with Gasteiger partial charge in [-0.1, -0.05) is 30.0 Å². The predicted molar refractivity (Wildman–Crippen MR) is 77.5 cm³/mol. The maximum atomic E-state index is 11.8. The lowest BCUT2D eigenvalue weighted by Gasteiger charge is -2.11. The van der Waals surface area contributed by atoms with E-state index in [1.165, 1.54) is 25.1 Å². The number of aromatic nitrogens is 2. The third-order valence-corrected chi connectivity index (χ3v) is 3.74. The SMILES string of the molecule is CNC(=O)NC(=O)[C@H](C)Sc1ncnc2ccccc12. The topological polar surface area (TPSA) is 84.0 Å². The minimum atomic E-state index is -0.519. The standard InChI is InChI=1S/C13H14N4O2S/c1-8(11(18)17-13(19)14-2)20-12-9-5-3-4-6-10(9)15-7-16-12/h3-8H,1-2H3,(H2,14,17,18,19)/t8-/m0/s1. The molecule has 1 heterocycles. The third-order valence-electron chi connectivity index (χ3n) is 2.63. The van der Waals surface area contributed by atoms with Crippen molar-refractivity contribution < 1.29 is 9.59 Å². The fraction of sp³-hybridized carbons (Fsp3) is 0.231. The van der Waals surface area contributed by atoms with Crippen molar-refractivity contribution >= 4 is 34.6 Å². The second-order valence-electron chi connectivity index (χ2n) is 4.02. The van der Waals surface area contributed by atoms with Crippen molar-refractivity contribution in [1.29, 1.82) is 0 Å². The summed E-state index contributed by atoms with van der Waals surface area (Å²) < 4.78 is 0. The Morgan fingerprint density at radius 2 is 2.00 bits per heavy atom. The number of hydrogen-bond donors (Lipinski definition) is 2. The van der Waals surface area contributed by atoms with Crippen LogP contribution in [0.5, 0.6) is 0 Å². The van der Waals surface area contributed by atoms with Crippen LogP contribution in [0.15, 0.2) is 35.6 Å². The molecule has 2 aromatic rings. The second-order valence-corrected chi connectivity index (χ2v) is 5.35. The van der Waals surface area contributed by atoms with Crippen LogP contribution < -0.4 is 10.6 Å². The highest BCUT2D eigenvalue weighted by Gasteiger charge is 2.18. The number of nitrogens with one attached hydrogen (secondary N) is 2. The lowest BCUT2D eigenvalue weighted by atomic mass is 10.2. The monoisotopic (exact) mass is 290 g/mol. The van der Waals surface area contributed by atoms with Gasteiger partial charge >= 0.3 is 6.03 Å². The molecule has 0 spiro atoms. The first-order chi connectivity index (χ1) is 9.61. The van der Waals surface area contributed by atoms with Gasteiger partial charge in [0.05, 0.1) is 10.8 Å². The molecule has 0 fully saturated rings. The van der Waals surface area contributed by atoms with Crippen LogP contribution in [-0.4, -0.2) is 34.2 Å². The van der Waals surface area contributed by atoms with Gasteiger partial charge in [-0.15, -0.1) is 0 Å². The highest BCUT2D eigenvalue weighted by Crippen LogP contribution is 2.27. The van der Waals surface area contributed by atoms with Crippen molar-refractivity contribution in [2.24, 2.45) is 0 Å². The fourth-order valence-electron chi connectivity index (χ4n) is 1.57. The van der Waals surface area contributed by atoms with E-state index >= 15 is 0 Å². The number of hydrogen-bond acceptors (Lipinski definition) is 5. The summed E-state index contributed by atoms with van der Waals surface area (Å²) in [7, 11) is 1.46. The summed E-state index contributed by atoms with van der Waals surface area (Å²) in [6.45, 7) is 1.72. The number of carbonyl (C=O) groups is 2. The van der Waals surface area contributed by atoms with Gasteiger partial charge in [0.2, 0.25) is 5.91 Å². The van der Waals surface area contributed by atoms with Crippen molar-refractivity contribution in [2.45, 2.75) is 17.2 Å². The molecule has 1 aromatic heterocycles. The molecule has 2 N–H and O–H groups in total. The smallest absolute Gasteiger partial charge is 0.321 e. The number of carbonyl (C=O) groups excluding carboxylic acids is 2. The zero-order valence-electron chi connectivity index (χ0n) is 11.1. The first-order valence-electron chi connectivity index (χ1n) is 6.01. The Bertz CT molecular complexity index is 642. The lowest BCUT2D eigenvalue weighted by molar-refractivity contribution is -0.119. The maximum Gasteiger partial charge on any atom is 0.321 e. The van der Waals surface area contributed by atoms with Gasteiger partial charge in [-0.3, -0.25) is 10.1 Å². The minimum absolute atomic E-state index is 0.364. The van der Waals surface area contributed by atoms with Crippen LogP contribution in [0.3, 0.4) is 0 Å². The van der Waals surface area contributed by atoms with E-state index in [4.69, 9.17) is 0 Å². The Hall–Kier alpha value is -2.15. The molecule has 0 saturated heterocycles. The van der Waals surface area contributed by atoms with E-state index in [0.29, 0.717) is 0 Å². The Morgan fingerprint density at radius 1 is 1.25 bits per heavy atom. The molecule has 1 atom stereocenters. The third kappa shape index (κ3) is 3.24. The van der Waals surface area contributed by atoms with E-state index in [9.17, 15) is 9.59 Å². The molecule has 20 heavy (non-hydrogen) atoms. The van der Waals surface area contributed by atoms with Crippen LogP contribution in [-0.2, 0) is 4.79 Å². The number of fused-ring (bicyclic) bond motifs is 1. The minimum Gasteiger partial charge on any atom is -0.341 e. The van der Waals surface area contributed by atoms with Crippen LogP contribution in [0.2, 0.25) is 0 Å². The predicted octanol–water partition coefficient (Wildman–Crippen LogP) is 1.57. The molecule has 0 aliphatic rings. The maximum absolute atomic E-state index is 11.8. The van der Waals surface area contributed by atoms with Crippen LogP contribution in [0.4, 0.5) is 4.79 Å². The number of benzene rings is 1. The van der Waals surface area contributed by atoms with Gasteiger partial charge < -0.3 is 5.32 Å². The first kappa shape index (κ1) is 14.3. The lowest BCUT2D eigenvalue weighted by Crippen LogP contribution is -2.41. The molecule has 2 rings (SSSR count). The summed E-state index contributed by atoms with van der Waals surface area (Å²) in [6, 6.07) is 7.06. The highest BCUT2D eigenvalue weighted by atomic mass is 32.2. The van der Waals surface area contributed by atoms with E-state index in [1.54, 1.807) is 6.92 Å². The van der Waals surface area contributed by atoms with Crippen LogP contribution >= 0.6 is 11.8 Å². The van der Waals surface area contributed by atoms with E-state index in [0.717, 1.165) is 15.9 Å². The van der Waals surface area contributed by atoms with Crippen LogP contribution in [0, 0.1) is 0 Å². The molecule has 0 aliphatic carbocycles. The van der Waals surface area contributed by atoms with Crippen molar-refractivity contribution in [3.8, 4) is 0 Å². The number of urea groups is 1. The van der Waals surface area contributed by atoms with Gasteiger partial charge in [0.1, 0.15) is 11.4 Å². The summed E-state index contributed by atoms with van der Waals surface area (Å²) in [5.41, 5.74) is 0.823. The molecule has 0 bridgehead atoms. The van der Waals surface area contributed by atoms with E-state index in [2.05, 4.69) is 20.6 Å². The van der Waals surface area contributed by atoms with Gasteiger partial charge in [-0.2, -0.15) is 0 Å². The Morgan fingerprint density at radius 3 is 2.75 bits per heavy atom. The molecular weight excluding hydrogens is 276 g/mol. The molecule has 3 amide bonds. The average molecular weight is 290 g/mol. The van der Waals surface area contributed by atoms with Gasteiger partial charge in [0, 0.05) is 12.4 Å². The molecule has 104 valence electrons. The summed E-state index contributed by atoms with van der Waals surface area (Å²) in [5, 5.41) is 5.75. The largest absolute Gasteiger partial charge is 0.341 e. The number of thioether (sulfide) groups is 1. The molecule has 0 radical (unpaired) electrons. The quantitative estimate of drug-likeness (QED) is 0.662. The Kier molecular flexibility index (Phi) is 4.52. The van der Waals surface area contributed by atoms with Gasteiger partial charge in [0.15, 0.2) is 0 Å². The zero-order valence-corrected chi connectivity index (χ0v) is 11.9. The molecule has 0 aliphatic heterocycles. The van der Waals surface area contributed by atoms with Crippen LogP contribution in [0.25, 0.3) is 10.9 Å². The number of amides is 3. The zero-order chi connectivity index (χ0) is 14.5. The van der Waals surface area contributed by atoms with E-state index < -0.39 is 11.3 Å². The van der Waals surface area contributed by atoms with E-state index in [-0.39, 0.29) is 5.91 Å². The van der Waals surface area contributed by atoms with Crippen LogP contribution in [0.1, 0.15) is 6.92 Å². The van der Waals surface area contributed by atoms with E-state index in [1.807, 2.05) is 24.3 Å². The van der Waals surface area contributed by atoms with Gasteiger partial charge in [-0.25, -0.2) is 14.8 Å². The second kappa shape index (κ2) is 6.33. The van der Waals surface area contributed by atoms with Crippen molar-refractivity contribution in [1.82, 2.24) is 20.6 Å². The van der Waals surface area contributed by atoms with Gasteiger partial charge in [-0.05, 0) is 13.0 Å². The average Bonchev–Trinajstić information content (AvgIpc) is 2.47. The Labute approximate surface area is 120 Å². The molecule has 1 aromatic carbocycles. The molecule has 0 unspecified atom stereocenters. The fourth-order valence-corrected chi connectivity index (χ4v) is 2.48. The number of rotatable bonds is 3. The van der Waals surface area contributed by atoms with Crippen molar-refractivity contribution in [3.05, 3.63) is 30.6 Å². The molecule has 6 nitrogen and oxygen atoms in total. The molecule has 0 saturated carbocycles. The number of imide groups is 1. The summed E-state index contributed by atoms with van der Waals surface area (Å²) >= 11 is 1.29. The normalized spacial score (nSPS) is 11.9. The van der Waals surface area contributed by atoms with Gasteiger partial charge in [0.25, 0.3) is 0 Å².